The predicted octanol–water partition coefficient (Wildman–Crippen LogP) is 1.87. The molecule has 1 aliphatic heterocycles. The van der Waals surface area contributed by atoms with E-state index in [4.69, 9.17) is 4.74 Å². The number of hydrogen-bond acceptors (Lipinski definition) is 5. The molecule has 144 valence electrons. The van der Waals surface area contributed by atoms with Gasteiger partial charge in [0, 0.05) is 0 Å². The van der Waals surface area contributed by atoms with Gasteiger partial charge in [0.25, 0.3) is 5.91 Å². The van der Waals surface area contributed by atoms with Crippen molar-refractivity contribution in [1.82, 2.24) is 4.90 Å². The quantitative estimate of drug-likeness (QED) is 0.626. The Hall–Kier alpha value is -2.77. The van der Waals surface area contributed by atoms with E-state index in [1.165, 1.54) is 25.1 Å². The number of imide groups is 1. The first-order valence-corrected chi connectivity index (χ1v) is 8.98. The largest absolute Gasteiger partial charge is 0.454 e. The van der Waals surface area contributed by atoms with E-state index in [9.17, 15) is 23.6 Å². The van der Waals surface area contributed by atoms with E-state index in [0.717, 1.165) is 17.7 Å². The third-order valence-corrected chi connectivity index (χ3v) is 5.10. The Labute approximate surface area is 155 Å². The lowest BCUT2D eigenvalue weighted by Crippen LogP contribution is -2.45. The van der Waals surface area contributed by atoms with Gasteiger partial charge in [-0.25, -0.2) is 9.18 Å². The molecule has 3 rings (SSSR count). The normalized spacial score (nSPS) is 23.0. The summed E-state index contributed by atoms with van der Waals surface area (Å²) in [6, 6.07) is 4.50. The van der Waals surface area contributed by atoms with Crippen LogP contribution < -0.4 is 5.32 Å². The van der Waals surface area contributed by atoms with E-state index in [2.05, 4.69) is 5.32 Å². The Bertz CT molecular complexity index is 757. The number of carbonyl (C=O) groups is 4. The number of likely N-dealkylation sites (tertiary alicyclic amines) is 1. The second-order valence-corrected chi connectivity index (χ2v) is 6.86. The van der Waals surface area contributed by atoms with Crippen LogP contribution in [0.1, 0.15) is 32.6 Å². The van der Waals surface area contributed by atoms with Crippen molar-refractivity contribution in [3.63, 3.8) is 0 Å². The van der Waals surface area contributed by atoms with Crippen LogP contribution in [0.4, 0.5) is 10.1 Å². The molecule has 0 spiro atoms. The summed E-state index contributed by atoms with van der Waals surface area (Å²) in [7, 11) is 0. The number of nitrogens with zero attached hydrogens (tertiary/aromatic N) is 1. The maximum atomic E-state index is 13.5. The minimum Gasteiger partial charge on any atom is -0.454 e. The number of ether oxygens (including phenoxy) is 1. The number of halogens is 1. The van der Waals surface area contributed by atoms with Crippen molar-refractivity contribution in [1.29, 1.82) is 0 Å². The summed E-state index contributed by atoms with van der Waals surface area (Å²) in [4.78, 5) is 50.0. The lowest BCUT2D eigenvalue weighted by Gasteiger charge is -2.21. The highest BCUT2D eigenvalue weighted by Crippen LogP contribution is 2.38. The first kappa shape index (κ1) is 19.0. The molecular weight excluding hydrogens is 355 g/mol. The van der Waals surface area contributed by atoms with Gasteiger partial charge in [-0.2, -0.15) is 0 Å². The van der Waals surface area contributed by atoms with Gasteiger partial charge in [0.05, 0.1) is 17.5 Å². The highest BCUT2D eigenvalue weighted by atomic mass is 19.1. The lowest BCUT2D eigenvalue weighted by atomic mass is 9.81. The average molecular weight is 376 g/mol. The minimum atomic E-state index is -1.10. The molecule has 1 aliphatic carbocycles. The van der Waals surface area contributed by atoms with Crippen molar-refractivity contribution in [2.45, 2.75) is 38.6 Å². The van der Waals surface area contributed by atoms with Crippen LogP contribution in [0, 0.1) is 17.7 Å². The zero-order valence-electron chi connectivity index (χ0n) is 14.9. The number of para-hydroxylation sites is 1. The minimum absolute atomic E-state index is 0.0272. The van der Waals surface area contributed by atoms with Crippen LogP contribution in [0.25, 0.3) is 0 Å². The number of carbonyl (C=O) groups excluding carboxylic acids is 4. The molecule has 1 saturated heterocycles. The van der Waals surface area contributed by atoms with Gasteiger partial charge in [-0.15, -0.1) is 0 Å². The maximum absolute atomic E-state index is 13.5. The molecule has 0 aromatic heterocycles. The van der Waals surface area contributed by atoms with Gasteiger partial charge in [-0.05, 0) is 31.9 Å². The monoisotopic (exact) mass is 376 g/mol. The summed E-state index contributed by atoms with van der Waals surface area (Å²) in [6.45, 7) is 0.769. The van der Waals surface area contributed by atoms with Gasteiger partial charge in [0.2, 0.25) is 11.8 Å². The molecule has 27 heavy (non-hydrogen) atoms. The molecule has 1 aromatic carbocycles. The van der Waals surface area contributed by atoms with Gasteiger partial charge in [-0.1, -0.05) is 25.0 Å². The van der Waals surface area contributed by atoms with Crippen molar-refractivity contribution in [3.8, 4) is 0 Å². The molecule has 8 heteroatoms. The van der Waals surface area contributed by atoms with E-state index in [0.29, 0.717) is 12.8 Å². The molecule has 1 N–H and O–H groups in total. The van der Waals surface area contributed by atoms with Crippen LogP contribution in [0.3, 0.4) is 0 Å². The van der Waals surface area contributed by atoms with Crippen molar-refractivity contribution in [2.75, 3.05) is 11.9 Å². The van der Waals surface area contributed by atoms with Crippen LogP contribution in [0.15, 0.2) is 24.3 Å². The van der Waals surface area contributed by atoms with E-state index >= 15 is 0 Å². The molecule has 0 bridgehead atoms. The molecular formula is C19H21FN2O5. The van der Waals surface area contributed by atoms with Gasteiger partial charge in [-0.3, -0.25) is 19.3 Å². The molecule has 0 radical (unpaired) electrons. The number of benzene rings is 1. The second kappa shape index (κ2) is 7.85. The number of fused-ring (bicyclic) bond motifs is 1. The topological polar surface area (TPSA) is 92.8 Å². The highest BCUT2D eigenvalue weighted by Gasteiger charge is 2.51. The van der Waals surface area contributed by atoms with Gasteiger partial charge in [0.1, 0.15) is 11.9 Å². The Kier molecular flexibility index (Phi) is 5.53. The van der Waals surface area contributed by atoms with E-state index in [1.54, 1.807) is 6.07 Å². The van der Waals surface area contributed by atoms with E-state index in [1.807, 2.05) is 0 Å². The average Bonchev–Trinajstić information content (AvgIpc) is 2.92. The molecule has 1 heterocycles. The van der Waals surface area contributed by atoms with Crippen LogP contribution in [-0.2, 0) is 23.9 Å². The number of hydrogen-bond donors (Lipinski definition) is 1. The van der Waals surface area contributed by atoms with E-state index in [-0.39, 0.29) is 29.3 Å². The molecule has 1 aromatic rings. The van der Waals surface area contributed by atoms with Crippen molar-refractivity contribution in [2.24, 2.45) is 11.8 Å². The molecule has 3 atom stereocenters. The Morgan fingerprint density at radius 2 is 1.78 bits per heavy atom. The van der Waals surface area contributed by atoms with Crippen LogP contribution in [0.2, 0.25) is 0 Å². The maximum Gasteiger partial charge on any atom is 0.329 e. The van der Waals surface area contributed by atoms with Crippen molar-refractivity contribution >= 4 is 29.4 Å². The summed E-state index contributed by atoms with van der Waals surface area (Å²) in [5.41, 5.74) is -0.0272. The Morgan fingerprint density at radius 1 is 1.19 bits per heavy atom. The summed E-state index contributed by atoms with van der Waals surface area (Å²) in [5, 5.41) is 2.29. The zero-order chi connectivity index (χ0) is 19.6. The SMILES string of the molecule is C[C@@H](C(=O)OCC(=O)Nc1ccccc1F)N1C(=O)[C@H]2CCCC[C@@H]2C1=O. The first-order chi connectivity index (χ1) is 12.9. The highest BCUT2D eigenvalue weighted by molar-refractivity contribution is 6.08. The van der Waals surface area contributed by atoms with Gasteiger partial charge < -0.3 is 10.1 Å². The van der Waals surface area contributed by atoms with Gasteiger partial charge >= 0.3 is 5.97 Å². The predicted molar refractivity (Wildman–Crippen MR) is 92.8 cm³/mol. The smallest absolute Gasteiger partial charge is 0.329 e. The van der Waals surface area contributed by atoms with Crippen molar-refractivity contribution < 1.29 is 28.3 Å². The fourth-order valence-electron chi connectivity index (χ4n) is 3.68. The number of esters is 1. The van der Waals surface area contributed by atoms with E-state index < -0.39 is 30.3 Å². The van der Waals surface area contributed by atoms with Gasteiger partial charge in [0.15, 0.2) is 6.61 Å². The number of nitrogens with one attached hydrogen (secondary N) is 1. The Balaban J connectivity index is 1.56. The van der Waals surface area contributed by atoms with Crippen LogP contribution in [-0.4, -0.2) is 41.2 Å². The lowest BCUT2D eigenvalue weighted by molar-refractivity contribution is -0.159. The second-order valence-electron chi connectivity index (χ2n) is 6.86. The number of rotatable bonds is 5. The third-order valence-electron chi connectivity index (χ3n) is 5.10. The number of anilines is 1. The van der Waals surface area contributed by atoms with Crippen molar-refractivity contribution in [3.05, 3.63) is 30.1 Å². The first-order valence-electron chi connectivity index (χ1n) is 8.98. The van der Waals surface area contributed by atoms with Crippen LogP contribution in [0.5, 0.6) is 0 Å². The zero-order valence-corrected chi connectivity index (χ0v) is 14.9. The standard InChI is InChI=1S/C19H21FN2O5/c1-11(22-17(24)12-6-2-3-7-13(12)18(22)25)19(26)27-10-16(23)21-15-9-5-4-8-14(15)20/h4-5,8-9,11-13H,2-3,6-7,10H2,1H3,(H,21,23)/t11-,12-,13-/m0/s1. The summed E-state index contributed by atoms with van der Waals surface area (Å²) >= 11 is 0. The van der Waals surface area contributed by atoms with Crippen LogP contribution >= 0.6 is 0 Å². The molecule has 3 amide bonds. The summed E-state index contributed by atoms with van der Waals surface area (Å²) in [6.07, 6.45) is 3.09. The summed E-state index contributed by atoms with van der Waals surface area (Å²) in [5.74, 6) is -3.57. The summed E-state index contributed by atoms with van der Waals surface area (Å²) < 4.78 is 18.4. The third kappa shape index (κ3) is 3.84. The molecule has 7 nitrogen and oxygen atoms in total. The molecule has 1 saturated carbocycles. The molecule has 2 aliphatic rings. The molecule has 0 unspecified atom stereocenters. The Morgan fingerprint density at radius 3 is 2.37 bits per heavy atom. The number of amides is 3. The molecule has 2 fully saturated rings. The fraction of sp³-hybridized carbons (Fsp3) is 0.474. The fourth-order valence-corrected chi connectivity index (χ4v) is 3.68.